The number of hydrogen-bond acceptors (Lipinski definition) is 1. The zero-order valence-corrected chi connectivity index (χ0v) is 18.3. The van der Waals surface area contributed by atoms with Gasteiger partial charge in [-0.25, -0.2) is 4.39 Å². The van der Waals surface area contributed by atoms with Crippen LogP contribution in [-0.4, -0.2) is 25.5 Å². The third-order valence-electron chi connectivity index (χ3n) is 5.99. The lowest BCUT2D eigenvalue weighted by molar-refractivity contribution is -0.137. The summed E-state index contributed by atoms with van der Waals surface area (Å²) in [5, 5.41) is 0. The molecule has 3 atom stereocenters. The second kappa shape index (κ2) is 10.9. The van der Waals surface area contributed by atoms with Crippen LogP contribution in [-0.2, 0) is 6.18 Å². The van der Waals surface area contributed by atoms with Gasteiger partial charge < -0.3 is 4.90 Å². The summed E-state index contributed by atoms with van der Waals surface area (Å²) in [6.45, 7) is 5.12. The predicted octanol–water partition coefficient (Wildman–Crippen LogP) is 7.31. The molecule has 3 rings (SSSR count). The predicted molar refractivity (Wildman–Crippen MR) is 115 cm³/mol. The van der Waals surface area contributed by atoms with Gasteiger partial charge in [-0.1, -0.05) is 37.6 Å². The van der Waals surface area contributed by atoms with Crippen LogP contribution in [0.3, 0.4) is 0 Å². The van der Waals surface area contributed by atoms with E-state index in [2.05, 4.69) is 25.9 Å². The summed E-state index contributed by atoms with van der Waals surface area (Å²) in [4.78, 5) is 2.19. The summed E-state index contributed by atoms with van der Waals surface area (Å²) in [7, 11) is 4.13. The lowest BCUT2D eigenvalue weighted by Gasteiger charge is -2.38. The van der Waals surface area contributed by atoms with Gasteiger partial charge in [-0.3, -0.25) is 0 Å². The van der Waals surface area contributed by atoms with E-state index in [9.17, 15) is 17.6 Å². The molecule has 0 aliphatic heterocycles. The number of benzene rings is 2. The molecule has 3 unspecified atom stereocenters. The molecule has 0 bridgehead atoms. The molecule has 2 aromatic carbocycles. The summed E-state index contributed by atoms with van der Waals surface area (Å²) < 4.78 is 51.2. The number of nitrogens with zero attached hydrogens (tertiary/aromatic N) is 1. The molecule has 5 heteroatoms. The van der Waals surface area contributed by atoms with Gasteiger partial charge in [0, 0.05) is 6.54 Å². The van der Waals surface area contributed by atoms with Gasteiger partial charge in [-0.2, -0.15) is 13.2 Å². The summed E-state index contributed by atoms with van der Waals surface area (Å²) >= 11 is 0. The molecule has 1 saturated carbocycles. The Labute approximate surface area is 178 Å². The topological polar surface area (TPSA) is 3.24 Å². The van der Waals surface area contributed by atoms with Crippen LogP contribution in [0.2, 0.25) is 0 Å². The fraction of sp³-hybridized carbons (Fsp3) is 0.520. The summed E-state index contributed by atoms with van der Waals surface area (Å²) in [6, 6.07) is 12.2. The number of alkyl halides is 3. The van der Waals surface area contributed by atoms with Crippen molar-refractivity contribution in [1.82, 2.24) is 4.90 Å². The Kier molecular flexibility index (Phi) is 8.90. The summed E-state index contributed by atoms with van der Waals surface area (Å²) in [5.41, 5.74) is 1.39. The summed E-state index contributed by atoms with van der Waals surface area (Å²) in [5.74, 6) is 1.14. The first kappa shape index (κ1) is 24.4. The molecule has 0 spiro atoms. The Balaban J connectivity index is 0.000000386. The van der Waals surface area contributed by atoms with Crippen LogP contribution in [0.1, 0.15) is 55.2 Å². The van der Waals surface area contributed by atoms with Crippen LogP contribution in [0.25, 0.3) is 0 Å². The minimum atomic E-state index is -4.26. The first-order chi connectivity index (χ1) is 14.1. The molecule has 0 amide bonds. The first-order valence-electron chi connectivity index (χ1n) is 10.6. The molecule has 2 aromatic rings. The van der Waals surface area contributed by atoms with E-state index < -0.39 is 11.7 Å². The molecular formula is C25H33F4N. The van der Waals surface area contributed by atoms with Gasteiger partial charge in [-0.05, 0) is 93.4 Å². The van der Waals surface area contributed by atoms with Gasteiger partial charge in [0.05, 0.1) is 5.56 Å². The third-order valence-corrected chi connectivity index (χ3v) is 5.99. The van der Waals surface area contributed by atoms with Crippen LogP contribution in [0.15, 0.2) is 48.5 Å². The molecule has 30 heavy (non-hydrogen) atoms. The lowest BCUT2D eigenvalue weighted by Crippen LogP contribution is -2.30. The van der Waals surface area contributed by atoms with E-state index in [4.69, 9.17) is 0 Å². The highest BCUT2D eigenvalue weighted by atomic mass is 19.4. The van der Waals surface area contributed by atoms with Crippen molar-refractivity contribution < 1.29 is 17.6 Å². The second-order valence-electron chi connectivity index (χ2n) is 8.58. The molecule has 0 N–H and O–H groups in total. The average molecular weight is 424 g/mol. The Morgan fingerprint density at radius 2 is 1.67 bits per heavy atom. The van der Waals surface area contributed by atoms with Crippen LogP contribution in [0.4, 0.5) is 17.6 Å². The van der Waals surface area contributed by atoms with Crippen molar-refractivity contribution in [3.8, 4) is 0 Å². The molecule has 1 fully saturated rings. The van der Waals surface area contributed by atoms with Crippen molar-refractivity contribution in [3.05, 3.63) is 71.0 Å². The van der Waals surface area contributed by atoms with Crippen molar-refractivity contribution in [2.45, 2.75) is 51.6 Å². The standard InChI is InChI=1S/C19H28F3N.C6H5F/c1-5-15-8-7-14(12-23(3)4)10-18(15)17-11-16(19(20,21)22)9-6-13(17)2;7-6-4-2-1-3-5-6/h6,9,11,14-15,18H,5,7-8,10,12H2,1-4H3;1-5H. The van der Waals surface area contributed by atoms with Crippen LogP contribution < -0.4 is 0 Å². The smallest absolute Gasteiger partial charge is 0.309 e. The van der Waals surface area contributed by atoms with E-state index in [1.54, 1.807) is 24.3 Å². The van der Waals surface area contributed by atoms with Gasteiger partial charge in [0.2, 0.25) is 0 Å². The Hall–Kier alpha value is -1.88. The monoisotopic (exact) mass is 423 g/mol. The van der Waals surface area contributed by atoms with E-state index in [-0.39, 0.29) is 11.7 Å². The molecule has 1 nitrogen and oxygen atoms in total. The fourth-order valence-electron chi connectivity index (χ4n) is 4.50. The molecule has 1 aliphatic carbocycles. The minimum Gasteiger partial charge on any atom is -0.309 e. The molecule has 0 aromatic heterocycles. The maximum absolute atomic E-state index is 13.1. The van der Waals surface area contributed by atoms with Crippen LogP contribution in [0, 0.1) is 24.6 Å². The van der Waals surface area contributed by atoms with Crippen LogP contribution in [0.5, 0.6) is 0 Å². The average Bonchev–Trinajstić information content (AvgIpc) is 2.68. The Bertz CT molecular complexity index is 770. The van der Waals surface area contributed by atoms with Gasteiger partial charge >= 0.3 is 6.18 Å². The van der Waals surface area contributed by atoms with E-state index in [1.807, 2.05) is 6.92 Å². The SMILES string of the molecule is CCC1CCC(CN(C)C)CC1c1cc(C(F)(F)F)ccc1C.Fc1ccccc1. The maximum atomic E-state index is 13.1. The zero-order chi connectivity index (χ0) is 22.3. The largest absolute Gasteiger partial charge is 0.416 e. The number of halogens is 4. The van der Waals surface area contributed by atoms with E-state index in [0.717, 1.165) is 36.9 Å². The highest BCUT2D eigenvalue weighted by molar-refractivity contribution is 5.36. The molecule has 166 valence electrons. The molecule has 0 heterocycles. The Morgan fingerprint density at radius 1 is 1.00 bits per heavy atom. The molecule has 0 saturated heterocycles. The Morgan fingerprint density at radius 3 is 2.17 bits per heavy atom. The first-order valence-corrected chi connectivity index (χ1v) is 10.6. The highest BCUT2D eigenvalue weighted by Crippen LogP contribution is 2.44. The van der Waals surface area contributed by atoms with Crippen molar-refractivity contribution in [2.75, 3.05) is 20.6 Å². The quantitative estimate of drug-likeness (QED) is 0.466. The van der Waals surface area contributed by atoms with Gasteiger partial charge in [0.1, 0.15) is 5.82 Å². The maximum Gasteiger partial charge on any atom is 0.416 e. The molecule has 1 aliphatic rings. The highest BCUT2D eigenvalue weighted by Gasteiger charge is 2.35. The van der Waals surface area contributed by atoms with Gasteiger partial charge in [-0.15, -0.1) is 0 Å². The summed E-state index contributed by atoms with van der Waals surface area (Å²) in [6.07, 6.45) is 0.0797. The van der Waals surface area contributed by atoms with E-state index >= 15 is 0 Å². The van der Waals surface area contributed by atoms with E-state index in [1.165, 1.54) is 30.7 Å². The number of hydrogen-bond donors (Lipinski definition) is 0. The van der Waals surface area contributed by atoms with Crippen molar-refractivity contribution in [1.29, 1.82) is 0 Å². The van der Waals surface area contributed by atoms with Crippen molar-refractivity contribution in [3.63, 3.8) is 0 Å². The third kappa shape index (κ3) is 7.12. The van der Waals surface area contributed by atoms with Crippen LogP contribution >= 0.6 is 0 Å². The fourth-order valence-corrected chi connectivity index (χ4v) is 4.50. The van der Waals surface area contributed by atoms with Gasteiger partial charge in [0.25, 0.3) is 0 Å². The zero-order valence-electron chi connectivity index (χ0n) is 18.3. The molecular weight excluding hydrogens is 390 g/mol. The normalized spacial score (nSPS) is 21.8. The van der Waals surface area contributed by atoms with Crippen molar-refractivity contribution in [2.24, 2.45) is 11.8 Å². The number of aryl methyl sites for hydroxylation is 1. The molecule has 0 radical (unpaired) electrons. The van der Waals surface area contributed by atoms with Gasteiger partial charge in [0.15, 0.2) is 0 Å². The lowest BCUT2D eigenvalue weighted by atomic mass is 9.69. The minimum absolute atomic E-state index is 0.178. The number of rotatable bonds is 4. The van der Waals surface area contributed by atoms with Crippen molar-refractivity contribution >= 4 is 0 Å². The van der Waals surface area contributed by atoms with E-state index in [0.29, 0.717) is 11.8 Å². The second-order valence-corrected chi connectivity index (χ2v) is 8.58.